The van der Waals surface area contributed by atoms with Crippen LogP contribution in [-0.2, 0) is 10.0 Å². The zero-order valence-electron chi connectivity index (χ0n) is 11.9. The maximum absolute atomic E-state index is 13.8. The van der Waals surface area contributed by atoms with Crippen LogP contribution in [0.1, 0.15) is 10.6 Å². The van der Waals surface area contributed by atoms with Crippen LogP contribution in [0.4, 0.5) is 14.5 Å². The maximum atomic E-state index is 13.8. The molecule has 124 valence electrons. The van der Waals surface area contributed by atoms with Gasteiger partial charge in [0.25, 0.3) is 15.9 Å². The van der Waals surface area contributed by atoms with E-state index in [0.29, 0.717) is 0 Å². The molecular weight excluding hydrogens is 342 g/mol. The maximum Gasteiger partial charge on any atom is 0.286 e. The first-order valence-electron chi connectivity index (χ1n) is 6.59. The van der Waals surface area contributed by atoms with E-state index in [1.807, 2.05) is 4.72 Å². The molecule has 0 aliphatic rings. The first-order valence-corrected chi connectivity index (χ1v) is 8.08. The minimum atomic E-state index is -4.66. The Kier molecular flexibility index (Phi) is 3.72. The number of anilines is 1. The van der Waals surface area contributed by atoms with Crippen molar-refractivity contribution in [1.82, 2.24) is 0 Å². The summed E-state index contributed by atoms with van der Waals surface area (Å²) in [5.41, 5.74) is 5.10. The molecule has 9 heteroatoms. The van der Waals surface area contributed by atoms with Crippen molar-refractivity contribution in [3.05, 3.63) is 59.9 Å². The van der Waals surface area contributed by atoms with Gasteiger partial charge < -0.3 is 10.2 Å². The molecule has 0 saturated carbocycles. The fourth-order valence-corrected chi connectivity index (χ4v) is 3.47. The van der Waals surface area contributed by atoms with E-state index in [1.165, 1.54) is 12.1 Å². The smallest absolute Gasteiger partial charge is 0.286 e. The molecule has 0 atom stereocenters. The van der Waals surface area contributed by atoms with Crippen molar-refractivity contribution >= 4 is 32.6 Å². The predicted octanol–water partition coefficient (Wildman–Crippen LogP) is 2.61. The highest BCUT2D eigenvalue weighted by Gasteiger charge is 2.28. The third-order valence-electron chi connectivity index (χ3n) is 3.24. The largest absolute Gasteiger partial charge is 0.449 e. The Balaban J connectivity index is 2.19. The summed E-state index contributed by atoms with van der Waals surface area (Å²) in [5.74, 6) is -4.03. The number of halogens is 2. The van der Waals surface area contributed by atoms with E-state index >= 15 is 0 Å². The summed E-state index contributed by atoms with van der Waals surface area (Å²) in [5, 5.41) is 0.228. The molecule has 0 saturated heterocycles. The van der Waals surface area contributed by atoms with Gasteiger partial charge >= 0.3 is 0 Å². The average Bonchev–Trinajstić information content (AvgIpc) is 2.85. The number of nitrogens with two attached hydrogens (primary N) is 1. The van der Waals surface area contributed by atoms with E-state index in [-0.39, 0.29) is 16.7 Å². The zero-order chi connectivity index (χ0) is 17.5. The Bertz CT molecular complexity index is 1040. The molecule has 0 bridgehead atoms. The fourth-order valence-electron chi connectivity index (χ4n) is 2.24. The molecule has 0 fully saturated rings. The number of primary amides is 1. The van der Waals surface area contributed by atoms with Crippen molar-refractivity contribution in [2.75, 3.05) is 4.72 Å². The molecule has 2 aromatic carbocycles. The van der Waals surface area contributed by atoms with Crippen LogP contribution in [0.3, 0.4) is 0 Å². The van der Waals surface area contributed by atoms with Crippen LogP contribution in [0.2, 0.25) is 0 Å². The number of furan rings is 1. The lowest BCUT2D eigenvalue weighted by atomic mass is 10.2. The summed E-state index contributed by atoms with van der Waals surface area (Å²) >= 11 is 0. The molecule has 24 heavy (non-hydrogen) atoms. The number of fused-ring (bicyclic) bond motifs is 1. The normalized spacial score (nSPS) is 11.6. The van der Waals surface area contributed by atoms with Crippen LogP contribution in [0.25, 0.3) is 11.0 Å². The number of nitrogens with one attached hydrogen (secondary N) is 1. The minimum absolute atomic E-state index is 0.193. The van der Waals surface area contributed by atoms with Crippen molar-refractivity contribution in [3.8, 4) is 0 Å². The van der Waals surface area contributed by atoms with Crippen molar-refractivity contribution in [2.24, 2.45) is 5.73 Å². The van der Waals surface area contributed by atoms with Crippen LogP contribution in [0.5, 0.6) is 0 Å². The van der Waals surface area contributed by atoms with E-state index in [4.69, 9.17) is 10.2 Å². The van der Waals surface area contributed by atoms with Gasteiger partial charge in [0.05, 0.1) is 0 Å². The number of para-hydroxylation sites is 1. The lowest BCUT2D eigenvalue weighted by Crippen LogP contribution is -2.19. The van der Waals surface area contributed by atoms with Crippen LogP contribution in [-0.4, -0.2) is 14.3 Å². The van der Waals surface area contributed by atoms with Crippen LogP contribution >= 0.6 is 0 Å². The Morgan fingerprint density at radius 1 is 1.04 bits per heavy atom. The highest BCUT2D eigenvalue weighted by atomic mass is 32.2. The predicted molar refractivity (Wildman–Crippen MR) is 81.9 cm³/mol. The highest BCUT2D eigenvalue weighted by molar-refractivity contribution is 7.92. The molecule has 1 amide bonds. The molecule has 0 unspecified atom stereocenters. The van der Waals surface area contributed by atoms with Gasteiger partial charge in [-0.1, -0.05) is 18.2 Å². The molecule has 1 aromatic heterocycles. The van der Waals surface area contributed by atoms with Crippen LogP contribution < -0.4 is 10.5 Å². The Hall–Kier alpha value is -2.94. The molecule has 0 aliphatic carbocycles. The number of hydrogen-bond acceptors (Lipinski definition) is 4. The van der Waals surface area contributed by atoms with Crippen LogP contribution in [0, 0.1) is 11.6 Å². The molecular formula is C15H10F2N2O4S. The number of carbonyl (C=O) groups is 1. The zero-order valence-corrected chi connectivity index (χ0v) is 12.7. The van der Waals surface area contributed by atoms with Gasteiger partial charge in [0.1, 0.15) is 22.9 Å². The molecule has 0 spiro atoms. The number of hydrogen-bond donors (Lipinski definition) is 2. The van der Waals surface area contributed by atoms with Gasteiger partial charge in [-0.15, -0.1) is 0 Å². The lowest BCUT2D eigenvalue weighted by Gasteiger charge is -2.09. The van der Waals surface area contributed by atoms with Crippen molar-refractivity contribution < 1.29 is 26.4 Å². The van der Waals surface area contributed by atoms with Crippen LogP contribution in [0.15, 0.2) is 51.8 Å². The summed E-state index contributed by atoms with van der Waals surface area (Å²) in [6, 6.07) is 8.78. The monoisotopic (exact) mass is 352 g/mol. The second kappa shape index (κ2) is 5.60. The average molecular weight is 352 g/mol. The topological polar surface area (TPSA) is 102 Å². The summed E-state index contributed by atoms with van der Waals surface area (Å²) < 4.78 is 59.5. The molecule has 3 rings (SSSR count). The minimum Gasteiger partial charge on any atom is -0.449 e. The van der Waals surface area contributed by atoms with Gasteiger partial charge in [-0.05, 0) is 24.3 Å². The van der Waals surface area contributed by atoms with E-state index in [9.17, 15) is 22.0 Å². The van der Waals surface area contributed by atoms with Gasteiger partial charge in [-0.25, -0.2) is 17.2 Å². The molecule has 6 nitrogen and oxygen atoms in total. The van der Waals surface area contributed by atoms with Gasteiger partial charge in [0.15, 0.2) is 4.90 Å². The van der Waals surface area contributed by atoms with E-state index < -0.39 is 38.2 Å². The first kappa shape index (κ1) is 15.9. The molecule has 0 aliphatic heterocycles. The summed E-state index contributed by atoms with van der Waals surface area (Å²) in [4.78, 5) is 10.3. The van der Waals surface area contributed by atoms with Crippen molar-refractivity contribution in [3.63, 3.8) is 0 Å². The Morgan fingerprint density at radius 2 is 1.67 bits per heavy atom. The molecule has 1 heterocycles. The number of carbonyl (C=O) groups excluding carboxylic acids is 1. The number of amides is 1. The standard InChI is InChI=1S/C15H10F2N2O4S/c16-9-5-3-6-10(17)14(9)24(21,22)19-12-8-4-1-2-7-11(8)23-13(12)15(18)20/h1-7,19H,(H2,18,20). The summed E-state index contributed by atoms with van der Waals surface area (Å²) in [6.45, 7) is 0. The molecule has 0 radical (unpaired) electrons. The van der Waals surface area contributed by atoms with Gasteiger partial charge in [0.2, 0.25) is 5.76 Å². The van der Waals surface area contributed by atoms with Crippen molar-refractivity contribution in [1.29, 1.82) is 0 Å². The second-order valence-corrected chi connectivity index (χ2v) is 6.44. The highest BCUT2D eigenvalue weighted by Crippen LogP contribution is 2.33. The fraction of sp³-hybridized carbons (Fsp3) is 0. The third kappa shape index (κ3) is 2.58. The van der Waals surface area contributed by atoms with Gasteiger partial charge in [0, 0.05) is 5.39 Å². The number of benzene rings is 2. The van der Waals surface area contributed by atoms with Crippen molar-refractivity contribution in [2.45, 2.75) is 4.90 Å². The van der Waals surface area contributed by atoms with E-state index in [1.54, 1.807) is 12.1 Å². The summed E-state index contributed by atoms with van der Waals surface area (Å²) in [7, 11) is -4.66. The van der Waals surface area contributed by atoms with E-state index in [2.05, 4.69) is 0 Å². The summed E-state index contributed by atoms with van der Waals surface area (Å²) in [6.07, 6.45) is 0. The molecule has 3 aromatic rings. The van der Waals surface area contributed by atoms with Gasteiger partial charge in [-0.3, -0.25) is 9.52 Å². The lowest BCUT2D eigenvalue weighted by molar-refractivity contribution is 0.0977. The SMILES string of the molecule is NC(=O)c1oc2ccccc2c1NS(=O)(=O)c1c(F)cccc1F. The first-order chi connectivity index (χ1) is 11.3. The second-order valence-electron chi connectivity index (χ2n) is 4.82. The third-order valence-corrected chi connectivity index (χ3v) is 4.64. The quantitative estimate of drug-likeness (QED) is 0.753. The van der Waals surface area contributed by atoms with Gasteiger partial charge in [-0.2, -0.15) is 0 Å². The number of sulfonamides is 1. The Labute approximate surface area is 134 Å². The number of rotatable bonds is 4. The molecule has 3 N–H and O–H groups in total. The van der Waals surface area contributed by atoms with E-state index in [0.717, 1.165) is 18.2 Å². The Morgan fingerprint density at radius 3 is 2.29 bits per heavy atom.